The number of para-hydroxylation sites is 1. The monoisotopic (exact) mass is 490 g/mol. The maximum absolute atomic E-state index is 13.5. The second-order valence-corrected chi connectivity index (χ2v) is 9.12. The second kappa shape index (κ2) is 11.0. The number of aliphatic imine (C=N–C) groups is 1. The van der Waals surface area contributed by atoms with Crippen LogP contribution in [0.25, 0.3) is 0 Å². The summed E-state index contributed by atoms with van der Waals surface area (Å²) < 4.78 is 13.5. The molecule has 1 heterocycles. The van der Waals surface area contributed by atoms with E-state index in [0.29, 0.717) is 27.7 Å². The van der Waals surface area contributed by atoms with Crippen LogP contribution < -0.4 is 16.0 Å². The maximum Gasteiger partial charge on any atom is 0.251 e. The number of nitrogens with one attached hydrogen (secondary N) is 3. The number of amides is 3. The molecule has 9 heteroatoms. The van der Waals surface area contributed by atoms with Crippen LogP contribution in [-0.4, -0.2) is 28.1 Å². The molecule has 1 saturated heterocycles. The Labute approximate surface area is 206 Å². The Kier molecular flexibility index (Phi) is 7.57. The molecule has 4 rings (SSSR count). The minimum absolute atomic E-state index is 0.0443. The fourth-order valence-electron chi connectivity index (χ4n) is 3.47. The Morgan fingerprint density at radius 2 is 1.83 bits per heavy atom. The number of carbonyl (C=O) groups excluding carboxylic acids is 3. The Morgan fingerprint density at radius 3 is 2.60 bits per heavy atom. The van der Waals surface area contributed by atoms with E-state index in [2.05, 4.69) is 20.9 Å². The van der Waals surface area contributed by atoms with Crippen LogP contribution in [0.5, 0.6) is 0 Å². The molecule has 0 aromatic heterocycles. The lowest BCUT2D eigenvalue weighted by molar-refractivity contribution is -0.122. The van der Waals surface area contributed by atoms with Crippen molar-refractivity contribution in [2.45, 2.75) is 24.6 Å². The largest absolute Gasteiger partial charge is 0.346 e. The predicted molar refractivity (Wildman–Crippen MR) is 135 cm³/mol. The molecule has 0 radical (unpaired) electrons. The first kappa shape index (κ1) is 24.2. The molecular formula is C26H23FN4O3S. The quantitative estimate of drug-likeness (QED) is 0.452. The fourth-order valence-corrected chi connectivity index (χ4v) is 4.46. The van der Waals surface area contributed by atoms with Crippen LogP contribution in [0.3, 0.4) is 0 Å². The topological polar surface area (TPSA) is 99.7 Å². The van der Waals surface area contributed by atoms with Crippen LogP contribution in [0, 0.1) is 5.82 Å². The zero-order valence-corrected chi connectivity index (χ0v) is 19.6. The summed E-state index contributed by atoms with van der Waals surface area (Å²) in [5, 5.41) is 8.11. The minimum Gasteiger partial charge on any atom is -0.346 e. The van der Waals surface area contributed by atoms with E-state index in [1.54, 1.807) is 43.3 Å². The van der Waals surface area contributed by atoms with Crippen molar-refractivity contribution >= 4 is 46.0 Å². The lowest BCUT2D eigenvalue weighted by atomic mass is 10.1. The standard InChI is InChI=1S/C26H23FN4O3S/c1-16(17-7-5-9-19(27)13-17)28-24(33)18-8-6-12-21(14-18)29-23(32)15-22-25(34)31-26(35-22)30-20-10-3-2-4-11-20/h2-14,16,22H,15H2,1H3,(H,28,33)(H,29,32)(H,30,31,34)/t16-,22+/m0/s1. The predicted octanol–water partition coefficient (Wildman–Crippen LogP) is 4.56. The third-order valence-corrected chi connectivity index (χ3v) is 6.32. The van der Waals surface area contributed by atoms with Gasteiger partial charge in [0.1, 0.15) is 11.1 Å². The first-order valence-electron chi connectivity index (χ1n) is 10.9. The van der Waals surface area contributed by atoms with Crippen molar-refractivity contribution in [3.63, 3.8) is 0 Å². The molecule has 2 atom stereocenters. The number of nitrogens with zero attached hydrogens (tertiary/aromatic N) is 1. The van der Waals surface area contributed by atoms with Crippen molar-refractivity contribution in [3.8, 4) is 0 Å². The van der Waals surface area contributed by atoms with E-state index in [4.69, 9.17) is 0 Å². The highest BCUT2D eigenvalue weighted by molar-refractivity contribution is 8.15. The number of anilines is 1. The van der Waals surface area contributed by atoms with Crippen LogP contribution in [0.1, 0.15) is 35.3 Å². The minimum atomic E-state index is -0.601. The number of halogens is 1. The van der Waals surface area contributed by atoms with Crippen molar-refractivity contribution in [2.24, 2.45) is 4.99 Å². The van der Waals surface area contributed by atoms with Gasteiger partial charge in [0.05, 0.1) is 11.7 Å². The van der Waals surface area contributed by atoms with Crippen LogP contribution in [0.4, 0.5) is 15.8 Å². The molecule has 3 aromatic rings. The molecule has 3 aromatic carbocycles. The van der Waals surface area contributed by atoms with Crippen molar-refractivity contribution < 1.29 is 18.8 Å². The average molecular weight is 491 g/mol. The number of benzene rings is 3. The normalized spacial score (nSPS) is 17.0. The highest BCUT2D eigenvalue weighted by Gasteiger charge is 2.32. The van der Waals surface area contributed by atoms with Gasteiger partial charge in [-0.05, 0) is 55.0 Å². The number of hydrogen-bond donors (Lipinski definition) is 3. The van der Waals surface area contributed by atoms with Crippen LogP contribution in [-0.2, 0) is 9.59 Å². The molecule has 1 aliphatic heterocycles. The van der Waals surface area contributed by atoms with E-state index in [1.165, 1.54) is 23.9 Å². The van der Waals surface area contributed by atoms with Crippen molar-refractivity contribution in [2.75, 3.05) is 5.32 Å². The first-order valence-corrected chi connectivity index (χ1v) is 11.8. The number of thioether (sulfide) groups is 1. The lowest BCUT2D eigenvalue weighted by Gasteiger charge is -2.15. The zero-order valence-electron chi connectivity index (χ0n) is 18.8. The van der Waals surface area contributed by atoms with E-state index in [9.17, 15) is 18.8 Å². The first-order chi connectivity index (χ1) is 16.9. The van der Waals surface area contributed by atoms with Gasteiger partial charge in [0.15, 0.2) is 5.17 Å². The summed E-state index contributed by atoms with van der Waals surface area (Å²) in [5.74, 6) is -1.37. The molecule has 178 valence electrons. The summed E-state index contributed by atoms with van der Waals surface area (Å²) in [6.45, 7) is 1.76. The maximum atomic E-state index is 13.5. The third kappa shape index (κ3) is 6.54. The summed E-state index contributed by atoms with van der Waals surface area (Å²) in [7, 11) is 0. The molecule has 1 aliphatic rings. The summed E-state index contributed by atoms with van der Waals surface area (Å²) >= 11 is 1.20. The molecule has 1 fully saturated rings. The van der Waals surface area contributed by atoms with Gasteiger partial charge in [0.2, 0.25) is 11.8 Å². The van der Waals surface area contributed by atoms with Gasteiger partial charge >= 0.3 is 0 Å². The van der Waals surface area contributed by atoms with Gasteiger partial charge in [-0.15, -0.1) is 0 Å². The average Bonchev–Trinajstić information content (AvgIpc) is 3.17. The van der Waals surface area contributed by atoms with E-state index in [0.717, 1.165) is 0 Å². The van der Waals surface area contributed by atoms with Gasteiger partial charge in [-0.2, -0.15) is 0 Å². The second-order valence-electron chi connectivity index (χ2n) is 7.93. The lowest BCUT2D eigenvalue weighted by Crippen LogP contribution is -2.28. The third-order valence-electron chi connectivity index (χ3n) is 5.24. The van der Waals surface area contributed by atoms with Gasteiger partial charge in [0, 0.05) is 17.7 Å². The summed E-state index contributed by atoms with van der Waals surface area (Å²) in [6, 6.07) is 21.3. The molecule has 0 aliphatic carbocycles. The molecule has 0 spiro atoms. The van der Waals surface area contributed by atoms with Crippen LogP contribution >= 0.6 is 11.8 Å². The molecule has 3 N–H and O–H groups in total. The molecule has 35 heavy (non-hydrogen) atoms. The Balaban J connectivity index is 1.34. The summed E-state index contributed by atoms with van der Waals surface area (Å²) in [5.41, 5.74) is 2.13. The van der Waals surface area contributed by atoms with Gasteiger partial charge in [-0.3, -0.25) is 14.4 Å². The molecular weight excluding hydrogens is 467 g/mol. The summed E-state index contributed by atoms with van der Waals surface area (Å²) in [4.78, 5) is 41.9. The smallest absolute Gasteiger partial charge is 0.251 e. The number of carbonyl (C=O) groups is 3. The SMILES string of the molecule is C[C@H](NC(=O)c1cccc(NC(=O)C[C@H]2SC(=Nc3ccccc3)NC2=O)c1)c1cccc(F)c1. The van der Waals surface area contributed by atoms with Gasteiger partial charge < -0.3 is 16.0 Å². The van der Waals surface area contributed by atoms with E-state index in [1.807, 2.05) is 30.3 Å². The highest BCUT2D eigenvalue weighted by Crippen LogP contribution is 2.25. The van der Waals surface area contributed by atoms with E-state index in [-0.39, 0.29) is 30.0 Å². The van der Waals surface area contributed by atoms with E-state index < -0.39 is 11.3 Å². The number of rotatable bonds is 7. The fraction of sp³-hybridized carbons (Fsp3) is 0.154. The number of hydrogen-bond acceptors (Lipinski definition) is 5. The molecule has 0 saturated carbocycles. The van der Waals surface area contributed by atoms with Gasteiger partial charge in [-0.25, -0.2) is 9.38 Å². The Bertz CT molecular complexity index is 1280. The number of amidine groups is 1. The van der Waals surface area contributed by atoms with Crippen LogP contribution in [0.2, 0.25) is 0 Å². The van der Waals surface area contributed by atoms with E-state index >= 15 is 0 Å². The summed E-state index contributed by atoms with van der Waals surface area (Å²) in [6.07, 6.45) is -0.0443. The van der Waals surface area contributed by atoms with Crippen molar-refractivity contribution in [1.82, 2.24) is 10.6 Å². The van der Waals surface area contributed by atoms with Gasteiger partial charge in [-0.1, -0.05) is 48.2 Å². The highest BCUT2D eigenvalue weighted by atomic mass is 32.2. The molecule has 7 nitrogen and oxygen atoms in total. The Morgan fingerprint density at radius 1 is 1.06 bits per heavy atom. The molecule has 3 amide bonds. The van der Waals surface area contributed by atoms with Gasteiger partial charge in [0.25, 0.3) is 5.91 Å². The van der Waals surface area contributed by atoms with Crippen molar-refractivity contribution in [1.29, 1.82) is 0 Å². The Hall–Kier alpha value is -3.98. The van der Waals surface area contributed by atoms with Crippen molar-refractivity contribution in [3.05, 3.63) is 95.8 Å². The van der Waals surface area contributed by atoms with Crippen LogP contribution in [0.15, 0.2) is 83.9 Å². The molecule has 0 bridgehead atoms. The zero-order chi connectivity index (χ0) is 24.8. The molecule has 0 unspecified atom stereocenters.